The van der Waals surface area contributed by atoms with Crippen molar-refractivity contribution in [2.45, 2.75) is 187 Å². The van der Waals surface area contributed by atoms with Gasteiger partial charge in [0.25, 0.3) is 0 Å². The third-order valence-corrected chi connectivity index (χ3v) is 8.83. The molecule has 0 saturated carbocycles. The van der Waals surface area contributed by atoms with Crippen molar-refractivity contribution in [3.05, 3.63) is 85.1 Å². The summed E-state index contributed by atoms with van der Waals surface area (Å²) in [5, 5.41) is 11.1. The molecule has 0 aromatic rings. The number of rotatable bonds is 37. The molecule has 0 aliphatic rings. The van der Waals surface area contributed by atoms with Crippen molar-refractivity contribution in [1.82, 2.24) is 5.32 Å². The molecule has 0 fully saturated rings. The number of hydrogen-bond acceptors (Lipinski definition) is 4. The highest BCUT2D eigenvalue weighted by Crippen LogP contribution is 2.18. The number of nitrogens with one attached hydrogen (secondary N) is 1. The van der Waals surface area contributed by atoms with E-state index in [1.54, 1.807) is 0 Å². The van der Waals surface area contributed by atoms with E-state index in [-0.39, 0.29) is 24.5 Å². The van der Waals surface area contributed by atoms with E-state index in [1.165, 1.54) is 44.9 Å². The minimum atomic E-state index is -1.02. The summed E-state index contributed by atoms with van der Waals surface area (Å²) in [6, 6.07) is 0. The maximum atomic E-state index is 12.7. The molecule has 6 nitrogen and oxygen atoms in total. The predicted octanol–water partition coefficient (Wildman–Crippen LogP) is 13.2. The van der Waals surface area contributed by atoms with Gasteiger partial charge in [-0.05, 0) is 89.9 Å². The van der Waals surface area contributed by atoms with Crippen molar-refractivity contribution in [3.63, 3.8) is 0 Å². The first kappa shape index (κ1) is 49.6. The van der Waals surface area contributed by atoms with E-state index >= 15 is 0 Å². The fourth-order valence-electron chi connectivity index (χ4n) is 5.74. The normalized spacial score (nSPS) is 12.9. The molecule has 0 radical (unpaired) electrons. The molecule has 2 N–H and O–H groups in total. The molecule has 0 saturated heterocycles. The Morgan fingerprint density at radius 1 is 0.509 bits per heavy atom. The topological polar surface area (TPSA) is 92.7 Å². The Morgan fingerprint density at radius 3 is 1.38 bits per heavy atom. The number of aliphatic carboxylic acids is 1. The number of carbonyl (C=O) groups is 3. The van der Waals surface area contributed by atoms with Crippen LogP contribution in [-0.4, -0.2) is 35.6 Å². The van der Waals surface area contributed by atoms with E-state index in [2.05, 4.69) is 104 Å². The van der Waals surface area contributed by atoms with Crippen molar-refractivity contribution in [1.29, 1.82) is 0 Å². The summed E-state index contributed by atoms with van der Waals surface area (Å²) >= 11 is 0. The quantitative estimate of drug-likeness (QED) is 0.0376. The number of carboxylic acids is 1. The van der Waals surface area contributed by atoms with E-state index in [4.69, 9.17) is 9.84 Å². The zero-order valence-electron chi connectivity index (χ0n) is 33.8. The fraction of sp³-hybridized carbons (Fsp3) is 0.638. The summed E-state index contributed by atoms with van der Waals surface area (Å²) in [5.41, 5.74) is 0. The second-order valence-electron chi connectivity index (χ2n) is 13.9. The van der Waals surface area contributed by atoms with Crippen LogP contribution < -0.4 is 5.32 Å². The Labute approximate surface area is 325 Å². The summed E-state index contributed by atoms with van der Waals surface area (Å²) in [5.74, 6) is -1.30. The van der Waals surface area contributed by atoms with Crippen LogP contribution >= 0.6 is 0 Å². The van der Waals surface area contributed by atoms with Crippen LogP contribution in [0.3, 0.4) is 0 Å². The van der Waals surface area contributed by atoms with E-state index in [9.17, 15) is 14.4 Å². The lowest BCUT2D eigenvalue weighted by atomic mass is 10.0. The van der Waals surface area contributed by atoms with E-state index < -0.39 is 5.97 Å². The van der Waals surface area contributed by atoms with Gasteiger partial charge in [0.2, 0.25) is 5.91 Å². The van der Waals surface area contributed by atoms with Crippen LogP contribution in [0.1, 0.15) is 181 Å². The summed E-state index contributed by atoms with van der Waals surface area (Å²) in [6.45, 7) is 4.08. The first-order valence-corrected chi connectivity index (χ1v) is 21.2. The summed E-state index contributed by atoms with van der Waals surface area (Å²) < 4.78 is 5.97. The van der Waals surface area contributed by atoms with Crippen molar-refractivity contribution in [2.75, 3.05) is 6.54 Å². The number of carbonyl (C=O) groups excluding carboxylic acids is 2. The zero-order chi connectivity index (χ0) is 38.7. The Morgan fingerprint density at radius 2 is 0.925 bits per heavy atom. The summed E-state index contributed by atoms with van der Waals surface area (Å²) in [7, 11) is 0. The van der Waals surface area contributed by atoms with Gasteiger partial charge in [0.1, 0.15) is 12.6 Å². The molecule has 53 heavy (non-hydrogen) atoms. The third kappa shape index (κ3) is 41.2. The van der Waals surface area contributed by atoms with Crippen molar-refractivity contribution >= 4 is 17.8 Å². The maximum Gasteiger partial charge on any atom is 0.322 e. The van der Waals surface area contributed by atoms with Gasteiger partial charge >= 0.3 is 11.9 Å². The zero-order valence-corrected chi connectivity index (χ0v) is 33.8. The number of carboxylic acid groups (broad SMARTS) is 1. The number of ether oxygens (including phenoxy) is 1. The highest BCUT2D eigenvalue weighted by molar-refractivity contribution is 5.80. The molecule has 0 aliphatic heterocycles. The van der Waals surface area contributed by atoms with Gasteiger partial charge < -0.3 is 15.2 Å². The standard InChI is InChI=1S/C47H77NO5/c1-3-5-7-9-11-13-14-15-16-17-18-19-20-21-22-23-24-25-26-27-29-34-38-42-47(52)53-44(39-35-31-28-12-10-8-6-4-2)40-36-32-30-33-37-41-45(49)48-43-46(50)51/h5,7,11,13,15-16,18-19,21-22,24-25,27,29,44H,3-4,6,8-10,12,14,17,20,23,26,28,30-43H2,1-2H3,(H,48,49)(H,50,51)/b7-5-,13-11-,16-15-,19-18-,22-21-,25-24-,29-27-. The van der Waals surface area contributed by atoms with Gasteiger partial charge in [-0.25, -0.2) is 0 Å². The molecule has 0 aliphatic carbocycles. The first-order chi connectivity index (χ1) is 26.0. The highest BCUT2D eigenvalue weighted by atomic mass is 16.5. The van der Waals surface area contributed by atoms with Gasteiger partial charge in [0.05, 0.1) is 0 Å². The second kappa shape index (κ2) is 41.3. The van der Waals surface area contributed by atoms with Crippen LogP contribution in [0.5, 0.6) is 0 Å². The minimum Gasteiger partial charge on any atom is -0.480 e. The maximum absolute atomic E-state index is 12.7. The largest absolute Gasteiger partial charge is 0.480 e. The fourth-order valence-corrected chi connectivity index (χ4v) is 5.74. The number of amides is 1. The van der Waals surface area contributed by atoms with Gasteiger partial charge in [-0.1, -0.05) is 163 Å². The smallest absolute Gasteiger partial charge is 0.322 e. The highest BCUT2D eigenvalue weighted by Gasteiger charge is 2.14. The Hall–Kier alpha value is -3.41. The molecule has 6 heteroatoms. The van der Waals surface area contributed by atoms with Gasteiger partial charge in [0.15, 0.2) is 0 Å². The molecular formula is C47H77NO5. The Kier molecular flexibility index (Phi) is 38.7. The lowest BCUT2D eigenvalue weighted by molar-refractivity contribution is -0.150. The van der Waals surface area contributed by atoms with Gasteiger partial charge in [-0.2, -0.15) is 0 Å². The predicted molar refractivity (Wildman–Crippen MR) is 226 cm³/mol. The lowest BCUT2D eigenvalue weighted by Gasteiger charge is -2.18. The molecular weight excluding hydrogens is 659 g/mol. The lowest BCUT2D eigenvalue weighted by Crippen LogP contribution is -2.28. The van der Waals surface area contributed by atoms with Crippen LogP contribution in [0.25, 0.3) is 0 Å². The Bertz CT molecular complexity index is 1080. The molecule has 1 unspecified atom stereocenters. The van der Waals surface area contributed by atoms with Crippen LogP contribution in [0.2, 0.25) is 0 Å². The third-order valence-electron chi connectivity index (χ3n) is 8.83. The molecule has 1 atom stereocenters. The molecule has 1 amide bonds. The van der Waals surface area contributed by atoms with Gasteiger partial charge in [-0.15, -0.1) is 0 Å². The Balaban J connectivity index is 4.18. The molecule has 300 valence electrons. The number of unbranched alkanes of at least 4 members (excludes halogenated alkanes) is 12. The summed E-state index contributed by atoms with van der Waals surface area (Å²) in [4.78, 5) is 34.9. The van der Waals surface area contributed by atoms with Crippen LogP contribution in [-0.2, 0) is 19.1 Å². The minimum absolute atomic E-state index is 0.00645. The van der Waals surface area contributed by atoms with Crippen LogP contribution in [0.15, 0.2) is 85.1 Å². The molecule has 0 rings (SSSR count). The molecule has 0 aromatic carbocycles. The number of hydrogen-bond donors (Lipinski definition) is 2. The summed E-state index contributed by atoms with van der Waals surface area (Å²) in [6.07, 6.45) is 57.1. The molecule has 0 aromatic heterocycles. The van der Waals surface area contributed by atoms with Crippen LogP contribution in [0.4, 0.5) is 0 Å². The average molecular weight is 736 g/mol. The van der Waals surface area contributed by atoms with E-state index in [0.717, 1.165) is 109 Å². The van der Waals surface area contributed by atoms with Crippen LogP contribution in [0, 0.1) is 0 Å². The first-order valence-electron chi connectivity index (χ1n) is 21.2. The monoisotopic (exact) mass is 736 g/mol. The second-order valence-corrected chi connectivity index (χ2v) is 13.9. The van der Waals surface area contributed by atoms with Gasteiger partial charge in [0, 0.05) is 12.8 Å². The number of allylic oxidation sites excluding steroid dienone is 14. The molecule has 0 spiro atoms. The van der Waals surface area contributed by atoms with Crippen molar-refractivity contribution < 1.29 is 24.2 Å². The molecule has 0 bridgehead atoms. The van der Waals surface area contributed by atoms with Crippen molar-refractivity contribution in [2.24, 2.45) is 0 Å². The average Bonchev–Trinajstić information content (AvgIpc) is 3.14. The molecule has 0 heterocycles. The van der Waals surface area contributed by atoms with E-state index in [1.807, 2.05) is 0 Å². The SMILES string of the molecule is CC/C=C\C/C=C\C/C=C\C/C=C\C/C=C\C/C=C\C/C=C\CCCC(=O)OC(CCCCCCCCCC)CCCCCCCC(=O)NCC(=O)O. The van der Waals surface area contributed by atoms with Gasteiger partial charge in [-0.3, -0.25) is 14.4 Å². The van der Waals surface area contributed by atoms with E-state index in [0.29, 0.717) is 12.8 Å². The van der Waals surface area contributed by atoms with Crippen molar-refractivity contribution in [3.8, 4) is 0 Å². The number of esters is 1.